The van der Waals surface area contributed by atoms with Crippen LogP contribution in [0, 0.1) is 11.8 Å². The lowest BCUT2D eigenvalue weighted by atomic mass is 9.79. The van der Waals surface area contributed by atoms with Crippen molar-refractivity contribution in [2.45, 2.75) is 128 Å². The smallest absolute Gasteiger partial charge is 0.223 e. The topological polar surface area (TPSA) is 132 Å². The zero-order chi connectivity index (χ0) is 34.0. The molecule has 2 aromatic rings. The van der Waals surface area contributed by atoms with Crippen molar-refractivity contribution in [3.63, 3.8) is 0 Å². The lowest BCUT2D eigenvalue weighted by Crippen LogP contribution is -2.66. The van der Waals surface area contributed by atoms with Gasteiger partial charge in [0.1, 0.15) is 12.4 Å². The summed E-state index contributed by atoms with van der Waals surface area (Å²) in [6.07, 6.45) is 16.6. The second-order valence-corrected chi connectivity index (χ2v) is 14.9. The monoisotopic (exact) mass is 678 g/mol. The first-order valence-corrected chi connectivity index (χ1v) is 19.0. The number of amides is 2. The Bertz CT molecular complexity index is 1320. The molecule has 270 valence electrons. The molecule has 3 unspecified atom stereocenters. The van der Waals surface area contributed by atoms with Gasteiger partial charge < -0.3 is 24.5 Å². The number of carbonyl (C=O) groups excluding carboxylic acids is 2. The Kier molecular flexibility index (Phi) is 13.0. The first-order valence-electron chi connectivity index (χ1n) is 19.0. The van der Waals surface area contributed by atoms with Crippen LogP contribution in [-0.2, 0) is 29.2 Å². The zero-order valence-corrected chi connectivity index (χ0v) is 29.4. The number of hydrogen-bond donors (Lipinski definition) is 4. The minimum atomic E-state index is -0.641. The van der Waals surface area contributed by atoms with Crippen molar-refractivity contribution in [1.29, 1.82) is 0 Å². The van der Waals surface area contributed by atoms with Gasteiger partial charge in [0.2, 0.25) is 11.8 Å². The second kappa shape index (κ2) is 17.8. The molecule has 49 heavy (non-hydrogen) atoms. The number of benzene rings is 1. The number of rotatable bonds is 13. The molecule has 1 aliphatic carbocycles. The Balaban J connectivity index is 0.987. The van der Waals surface area contributed by atoms with Crippen LogP contribution in [0.2, 0.25) is 0 Å². The number of aromatic nitrogens is 1. The summed E-state index contributed by atoms with van der Waals surface area (Å²) in [7, 11) is 0. The highest BCUT2D eigenvalue weighted by molar-refractivity contribution is 5.79. The van der Waals surface area contributed by atoms with E-state index in [-0.39, 0.29) is 36.5 Å². The van der Waals surface area contributed by atoms with Gasteiger partial charge in [0.05, 0.1) is 18.5 Å². The first-order chi connectivity index (χ1) is 23.9. The molecule has 11 heteroatoms. The predicted molar refractivity (Wildman–Crippen MR) is 188 cm³/mol. The molecule has 3 aliphatic heterocycles. The number of nitrogens with zero attached hydrogens (tertiary/aromatic N) is 3. The molecule has 0 bridgehead atoms. The van der Waals surface area contributed by atoms with Crippen molar-refractivity contribution in [3.8, 4) is 5.75 Å². The van der Waals surface area contributed by atoms with Gasteiger partial charge in [0.15, 0.2) is 12.2 Å². The third kappa shape index (κ3) is 10.3. The van der Waals surface area contributed by atoms with Crippen LogP contribution < -0.4 is 20.7 Å². The first kappa shape index (κ1) is 35.8. The molecule has 1 aromatic heterocycles. The van der Waals surface area contributed by atoms with Crippen molar-refractivity contribution < 1.29 is 23.8 Å². The summed E-state index contributed by atoms with van der Waals surface area (Å²) >= 11 is 0. The van der Waals surface area contributed by atoms with E-state index in [0.29, 0.717) is 37.3 Å². The molecule has 4 aliphatic rings. The third-order valence-electron chi connectivity index (χ3n) is 11.1. The summed E-state index contributed by atoms with van der Waals surface area (Å²) < 4.78 is 11.1. The van der Waals surface area contributed by atoms with E-state index in [2.05, 4.69) is 38.0 Å². The van der Waals surface area contributed by atoms with Crippen molar-refractivity contribution in [2.24, 2.45) is 11.8 Å². The molecule has 2 saturated heterocycles. The van der Waals surface area contributed by atoms with E-state index in [1.54, 1.807) is 6.20 Å². The third-order valence-corrected chi connectivity index (χ3v) is 11.1. The molecule has 4 N–H and O–H groups in total. The van der Waals surface area contributed by atoms with Gasteiger partial charge >= 0.3 is 0 Å². The number of likely N-dealkylation sites (tertiary alicyclic amines) is 1. The Morgan fingerprint density at radius 1 is 1.10 bits per heavy atom. The largest absolute Gasteiger partial charge is 0.486 e. The molecule has 2 amide bonds. The van der Waals surface area contributed by atoms with E-state index in [0.717, 1.165) is 57.6 Å². The van der Waals surface area contributed by atoms with Crippen molar-refractivity contribution in [3.05, 3.63) is 47.7 Å². The highest BCUT2D eigenvalue weighted by Crippen LogP contribution is 2.32. The number of oxazole rings is 1. The van der Waals surface area contributed by atoms with Crippen molar-refractivity contribution >= 4 is 11.8 Å². The van der Waals surface area contributed by atoms with E-state index >= 15 is 0 Å². The number of β-amino-alcohol motifs (C(OH)–C–C–N with tert-alkyl or cyclic N) is 1. The molecule has 0 radical (unpaired) electrons. The molecule has 3 fully saturated rings. The Morgan fingerprint density at radius 3 is 2.65 bits per heavy atom. The number of ether oxygens (including phenoxy) is 1. The Labute approximate surface area is 291 Å². The summed E-state index contributed by atoms with van der Waals surface area (Å²) in [5, 5.41) is 21.8. The molecule has 11 nitrogen and oxygen atoms in total. The SMILES string of the molecule is CCCC(=O)N1CC(NC2CC(C(=O)NC[C@H](O)CN3CCc4cc(OCc5cnco5)ccc4C3)CC(C3CCCCCCCC3)N2)C1. The van der Waals surface area contributed by atoms with E-state index in [1.807, 2.05) is 17.9 Å². The van der Waals surface area contributed by atoms with Gasteiger partial charge in [-0.25, -0.2) is 4.98 Å². The number of hydrogen-bond acceptors (Lipinski definition) is 9. The molecule has 0 spiro atoms. The van der Waals surface area contributed by atoms with Crippen LogP contribution in [0.5, 0.6) is 5.75 Å². The van der Waals surface area contributed by atoms with Gasteiger partial charge in [-0.05, 0) is 67.7 Å². The fourth-order valence-corrected chi connectivity index (χ4v) is 8.28. The number of aliphatic hydroxyl groups is 1. The summed E-state index contributed by atoms with van der Waals surface area (Å²) in [4.78, 5) is 34.1. The molecule has 6 rings (SSSR count). The number of aliphatic hydroxyl groups excluding tert-OH is 1. The fraction of sp³-hybridized carbons (Fsp3) is 0.711. The normalized spacial score (nSPS) is 24.9. The average Bonchev–Trinajstić information content (AvgIpc) is 3.65. The van der Waals surface area contributed by atoms with Crippen LogP contribution in [0.1, 0.15) is 101 Å². The van der Waals surface area contributed by atoms with E-state index in [9.17, 15) is 14.7 Å². The molecule has 1 aromatic carbocycles. The van der Waals surface area contributed by atoms with Gasteiger partial charge in [0.25, 0.3) is 0 Å². The standard InChI is InChI=1S/C38H58N6O5/c1-2-9-37(46)44-22-31(23-44)41-36-18-30(17-35(42-36)27-10-7-5-3-4-6-8-11-27)38(47)40-19-32(45)24-43-15-14-28-16-33(13-12-29(28)21-43)48-25-34-20-39-26-49-34/h12-13,16,20,26-27,30-32,35-36,41-42,45H,2-11,14-15,17-19,21-25H2,1H3,(H,40,47)/t30?,32-,35?,36?/m0/s1. The van der Waals surface area contributed by atoms with Gasteiger partial charge in [0, 0.05) is 63.7 Å². The lowest BCUT2D eigenvalue weighted by Gasteiger charge is -2.45. The van der Waals surface area contributed by atoms with Crippen molar-refractivity contribution in [1.82, 2.24) is 30.7 Å². The van der Waals surface area contributed by atoms with Gasteiger partial charge in [-0.2, -0.15) is 0 Å². The lowest BCUT2D eigenvalue weighted by molar-refractivity contribution is -0.136. The molecule has 4 heterocycles. The van der Waals surface area contributed by atoms with Crippen LogP contribution in [0.15, 0.2) is 35.2 Å². The van der Waals surface area contributed by atoms with E-state index in [1.165, 1.54) is 68.9 Å². The summed E-state index contributed by atoms with van der Waals surface area (Å²) in [6, 6.07) is 6.74. The summed E-state index contributed by atoms with van der Waals surface area (Å²) in [6.45, 7) is 6.25. The van der Waals surface area contributed by atoms with Gasteiger partial charge in [-0.1, -0.05) is 51.5 Å². The molecular weight excluding hydrogens is 620 g/mol. The van der Waals surface area contributed by atoms with E-state index < -0.39 is 6.10 Å². The van der Waals surface area contributed by atoms with Crippen LogP contribution in [0.3, 0.4) is 0 Å². The minimum absolute atomic E-state index is 0.0435. The van der Waals surface area contributed by atoms with Crippen LogP contribution in [0.4, 0.5) is 0 Å². The number of nitrogens with one attached hydrogen (secondary N) is 3. The maximum absolute atomic E-state index is 13.7. The van der Waals surface area contributed by atoms with Gasteiger partial charge in [-0.3, -0.25) is 25.1 Å². The summed E-state index contributed by atoms with van der Waals surface area (Å²) in [5.74, 6) is 2.26. The molecular formula is C38H58N6O5. The number of fused-ring (bicyclic) bond motifs is 1. The highest BCUT2D eigenvalue weighted by Gasteiger charge is 2.39. The fourth-order valence-electron chi connectivity index (χ4n) is 8.28. The number of piperidine rings is 1. The van der Waals surface area contributed by atoms with Crippen LogP contribution in [-0.4, -0.2) is 88.8 Å². The van der Waals surface area contributed by atoms with Crippen molar-refractivity contribution in [2.75, 3.05) is 32.7 Å². The second-order valence-electron chi connectivity index (χ2n) is 14.9. The summed E-state index contributed by atoms with van der Waals surface area (Å²) in [5.41, 5.74) is 2.50. The average molecular weight is 679 g/mol. The maximum Gasteiger partial charge on any atom is 0.223 e. The minimum Gasteiger partial charge on any atom is -0.486 e. The van der Waals surface area contributed by atoms with Gasteiger partial charge in [-0.15, -0.1) is 0 Å². The molecule has 4 atom stereocenters. The maximum atomic E-state index is 13.7. The van der Waals surface area contributed by atoms with Crippen LogP contribution in [0.25, 0.3) is 0 Å². The Hall–Kier alpha value is -2.99. The zero-order valence-electron chi connectivity index (χ0n) is 29.4. The van der Waals surface area contributed by atoms with E-state index in [4.69, 9.17) is 9.15 Å². The number of carbonyl (C=O) groups is 2. The molecule has 1 saturated carbocycles. The quantitative estimate of drug-likeness (QED) is 0.247. The highest BCUT2D eigenvalue weighted by atomic mass is 16.5. The predicted octanol–water partition coefficient (Wildman–Crippen LogP) is 4.13. The Morgan fingerprint density at radius 2 is 1.90 bits per heavy atom. The van der Waals surface area contributed by atoms with Crippen LogP contribution >= 0.6 is 0 Å².